The minimum absolute atomic E-state index is 0.0813. The fraction of sp³-hybridized carbons (Fsp3) is 0.636. The summed E-state index contributed by atoms with van der Waals surface area (Å²) in [5, 5.41) is 7.15. The van der Waals surface area contributed by atoms with E-state index in [-0.39, 0.29) is 11.4 Å². The van der Waals surface area contributed by atoms with E-state index in [0.29, 0.717) is 6.54 Å². The first-order valence-electron chi connectivity index (χ1n) is 5.55. The Morgan fingerprint density at radius 1 is 1.75 bits per heavy atom. The summed E-state index contributed by atoms with van der Waals surface area (Å²) in [6.45, 7) is 5.44. The van der Waals surface area contributed by atoms with Crippen molar-refractivity contribution < 1.29 is 4.79 Å². The van der Waals surface area contributed by atoms with Crippen molar-refractivity contribution in [2.75, 3.05) is 6.54 Å². The lowest BCUT2D eigenvalue weighted by Gasteiger charge is -2.22. The number of aromatic nitrogens is 1. The van der Waals surface area contributed by atoms with Gasteiger partial charge in [0.1, 0.15) is 5.01 Å². The molecule has 0 bridgehead atoms. The lowest BCUT2D eigenvalue weighted by molar-refractivity contribution is -0.126. The zero-order valence-corrected chi connectivity index (χ0v) is 10.5. The number of nitrogens with one attached hydrogen (secondary N) is 2. The average molecular weight is 239 g/mol. The van der Waals surface area contributed by atoms with Crippen molar-refractivity contribution in [1.82, 2.24) is 15.6 Å². The van der Waals surface area contributed by atoms with E-state index < -0.39 is 0 Å². The third kappa shape index (κ3) is 2.41. The molecule has 1 aliphatic heterocycles. The molecule has 16 heavy (non-hydrogen) atoms. The van der Waals surface area contributed by atoms with Crippen LogP contribution in [0.1, 0.15) is 29.7 Å². The normalized spacial score (nSPS) is 24.6. The van der Waals surface area contributed by atoms with Gasteiger partial charge >= 0.3 is 0 Å². The van der Waals surface area contributed by atoms with Crippen LogP contribution in [0.3, 0.4) is 0 Å². The number of carbonyl (C=O) groups is 1. The highest BCUT2D eigenvalue weighted by molar-refractivity contribution is 7.11. The second-order valence-electron chi connectivity index (χ2n) is 4.41. The molecule has 2 heterocycles. The Morgan fingerprint density at radius 3 is 3.12 bits per heavy atom. The predicted molar refractivity (Wildman–Crippen MR) is 64.3 cm³/mol. The third-order valence-electron chi connectivity index (χ3n) is 2.94. The molecule has 1 amide bonds. The summed E-state index contributed by atoms with van der Waals surface area (Å²) in [5.74, 6) is 0.0813. The smallest absolute Gasteiger partial charge is 0.240 e. The van der Waals surface area contributed by atoms with Gasteiger partial charge in [-0.2, -0.15) is 0 Å². The Kier molecular flexibility index (Phi) is 3.25. The van der Waals surface area contributed by atoms with Crippen LogP contribution in [-0.4, -0.2) is 23.0 Å². The molecule has 0 spiro atoms. The Morgan fingerprint density at radius 2 is 2.56 bits per heavy atom. The van der Waals surface area contributed by atoms with Crippen molar-refractivity contribution in [3.63, 3.8) is 0 Å². The molecule has 1 atom stereocenters. The number of aryl methyl sites for hydroxylation is 1. The quantitative estimate of drug-likeness (QED) is 0.833. The number of nitrogens with zero attached hydrogens (tertiary/aromatic N) is 1. The number of rotatable bonds is 3. The van der Waals surface area contributed by atoms with E-state index in [0.717, 1.165) is 24.4 Å². The Labute approximate surface area is 99.5 Å². The SMILES string of the molecule is Cc1cnc(CNC(=O)C2(C)CCCN2)s1. The molecule has 1 aliphatic rings. The van der Waals surface area contributed by atoms with Crippen LogP contribution in [0.5, 0.6) is 0 Å². The van der Waals surface area contributed by atoms with Gasteiger partial charge in [0.2, 0.25) is 5.91 Å². The van der Waals surface area contributed by atoms with Crippen LogP contribution in [0.2, 0.25) is 0 Å². The standard InChI is InChI=1S/C11H17N3OS/c1-8-6-12-9(16-8)7-13-10(15)11(2)4-3-5-14-11/h6,14H,3-5,7H2,1-2H3,(H,13,15). The maximum Gasteiger partial charge on any atom is 0.240 e. The first-order valence-corrected chi connectivity index (χ1v) is 6.36. The number of hydrogen-bond donors (Lipinski definition) is 2. The summed E-state index contributed by atoms with van der Waals surface area (Å²) in [4.78, 5) is 17.3. The largest absolute Gasteiger partial charge is 0.348 e. The van der Waals surface area contributed by atoms with Gasteiger partial charge in [-0.3, -0.25) is 4.79 Å². The van der Waals surface area contributed by atoms with Gasteiger partial charge in [-0.05, 0) is 33.2 Å². The molecule has 2 rings (SSSR count). The monoisotopic (exact) mass is 239 g/mol. The molecule has 1 unspecified atom stereocenters. The summed E-state index contributed by atoms with van der Waals surface area (Å²) >= 11 is 1.62. The highest BCUT2D eigenvalue weighted by Crippen LogP contribution is 2.19. The van der Waals surface area contributed by atoms with Crippen molar-refractivity contribution in [1.29, 1.82) is 0 Å². The Balaban J connectivity index is 1.88. The van der Waals surface area contributed by atoms with Crippen LogP contribution in [0.15, 0.2) is 6.20 Å². The number of thiazole rings is 1. The van der Waals surface area contributed by atoms with Crippen LogP contribution in [-0.2, 0) is 11.3 Å². The predicted octanol–water partition coefficient (Wildman–Crippen LogP) is 1.21. The van der Waals surface area contributed by atoms with Crippen LogP contribution < -0.4 is 10.6 Å². The molecule has 88 valence electrons. The molecule has 1 fully saturated rings. The first-order chi connectivity index (χ1) is 7.60. The highest BCUT2D eigenvalue weighted by Gasteiger charge is 2.35. The average Bonchev–Trinajstić information content (AvgIpc) is 2.85. The van der Waals surface area contributed by atoms with E-state index in [9.17, 15) is 4.79 Å². The maximum absolute atomic E-state index is 12.0. The molecule has 4 nitrogen and oxygen atoms in total. The summed E-state index contributed by atoms with van der Waals surface area (Å²) < 4.78 is 0. The van der Waals surface area contributed by atoms with Gasteiger partial charge in [-0.1, -0.05) is 0 Å². The number of carbonyl (C=O) groups excluding carboxylic acids is 1. The fourth-order valence-electron chi connectivity index (χ4n) is 1.92. The Bertz CT molecular complexity index is 382. The molecule has 5 heteroatoms. The van der Waals surface area contributed by atoms with Crippen molar-refractivity contribution >= 4 is 17.2 Å². The van der Waals surface area contributed by atoms with Gasteiger partial charge in [0, 0.05) is 11.1 Å². The van der Waals surface area contributed by atoms with E-state index in [2.05, 4.69) is 15.6 Å². The molecular weight excluding hydrogens is 222 g/mol. The van der Waals surface area contributed by atoms with E-state index in [4.69, 9.17) is 0 Å². The third-order valence-corrected chi connectivity index (χ3v) is 3.85. The molecule has 0 saturated carbocycles. The molecule has 1 aromatic rings. The first kappa shape index (κ1) is 11.5. The van der Waals surface area contributed by atoms with Crippen LogP contribution in [0.25, 0.3) is 0 Å². The van der Waals surface area contributed by atoms with E-state index in [1.807, 2.05) is 20.0 Å². The zero-order chi connectivity index (χ0) is 11.6. The van der Waals surface area contributed by atoms with Gasteiger partial charge in [0.25, 0.3) is 0 Å². The van der Waals surface area contributed by atoms with Crippen molar-refractivity contribution in [3.05, 3.63) is 16.1 Å². The molecule has 0 aliphatic carbocycles. The van der Waals surface area contributed by atoms with Crippen LogP contribution in [0, 0.1) is 6.92 Å². The molecule has 0 radical (unpaired) electrons. The van der Waals surface area contributed by atoms with Gasteiger partial charge in [0.15, 0.2) is 0 Å². The minimum Gasteiger partial charge on any atom is -0.348 e. The van der Waals surface area contributed by atoms with Crippen molar-refractivity contribution in [2.45, 2.75) is 38.8 Å². The summed E-state index contributed by atoms with van der Waals surface area (Å²) in [6, 6.07) is 0. The van der Waals surface area contributed by atoms with Gasteiger partial charge in [-0.25, -0.2) is 4.98 Å². The molecule has 1 saturated heterocycles. The summed E-state index contributed by atoms with van der Waals surface area (Å²) in [6.07, 6.45) is 3.82. The molecule has 1 aromatic heterocycles. The van der Waals surface area contributed by atoms with Crippen molar-refractivity contribution in [3.8, 4) is 0 Å². The Hall–Kier alpha value is -0.940. The van der Waals surface area contributed by atoms with Gasteiger partial charge < -0.3 is 10.6 Å². The highest BCUT2D eigenvalue weighted by atomic mass is 32.1. The molecular formula is C11H17N3OS. The summed E-state index contributed by atoms with van der Waals surface area (Å²) in [5.41, 5.74) is -0.383. The molecule has 2 N–H and O–H groups in total. The topological polar surface area (TPSA) is 54.0 Å². The number of amides is 1. The second kappa shape index (κ2) is 4.51. The van der Waals surface area contributed by atoms with E-state index in [1.54, 1.807) is 11.3 Å². The van der Waals surface area contributed by atoms with Gasteiger partial charge in [-0.15, -0.1) is 11.3 Å². The van der Waals surface area contributed by atoms with Crippen molar-refractivity contribution in [2.24, 2.45) is 0 Å². The van der Waals surface area contributed by atoms with Crippen LogP contribution >= 0.6 is 11.3 Å². The number of hydrogen-bond acceptors (Lipinski definition) is 4. The summed E-state index contributed by atoms with van der Waals surface area (Å²) in [7, 11) is 0. The fourth-order valence-corrected chi connectivity index (χ4v) is 2.65. The minimum atomic E-state index is -0.383. The molecule has 0 aromatic carbocycles. The van der Waals surface area contributed by atoms with Gasteiger partial charge in [0.05, 0.1) is 12.1 Å². The maximum atomic E-state index is 12.0. The van der Waals surface area contributed by atoms with Crippen LogP contribution in [0.4, 0.5) is 0 Å². The lowest BCUT2D eigenvalue weighted by atomic mass is 9.99. The van der Waals surface area contributed by atoms with E-state index >= 15 is 0 Å². The lowest BCUT2D eigenvalue weighted by Crippen LogP contribution is -2.50. The second-order valence-corrected chi connectivity index (χ2v) is 5.73. The zero-order valence-electron chi connectivity index (χ0n) is 9.67. The van der Waals surface area contributed by atoms with E-state index in [1.165, 1.54) is 4.88 Å².